The quantitative estimate of drug-likeness (QED) is 0.773. The predicted octanol–water partition coefficient (Wildman–Crippen LogP) is 0.735. The third-order valence-electron chi connectivity index (χ3n) is 3.98. The second-order valence-electron chi connectivity index (χ2n) is 5.71. The van der Waals surface area contributed by atoms with Crippen LogP contribution in [0.3, 0.4) is 0 Å². The van der Waals surface area contributed by atoms with Gasteiger partial charge in [0.15, 0.2) is 5.78 Å². The Bertz CT molecular complexity index is 642. The molecule has 1 aliphatic rings. The molecule has 0 unspecified atom stereocenters. The summed E-state index contributed by atoms with van der Waals surface area (Å²) in [6.45, 7) is 4.51. The number of amides is 3. The lowest BCUT2D eigenvalue weighted by atomic mass is 10.1. The van der Waals surface area contributed by atoms with Crippen LogP contribution >= 0.6 is 0 Å². The second-order valence-corrected chi connectivity index (χ2v) is 5.71. The number of Topliss-reactive ketones (excluding diaryl/α,β-unsaturated/α-hetero) is 1. The molecule has 24 heavy (non-hydrogen) atoms. The first-order valence-corrected chi connectivity index (χ1v) is 7.74. The Kier molecular flexibility index (Phi) is 5.86. The minimum atomic E-state index is -0.852. The molecule has 1 fully saturated rings. The van der Waals surface area contributed by atoms with Gasteiger partial charge in [-0.15, -0.1) is 0 Å². The van der Waals surface area contributed by atoms with Gasteiger partial charge in [0.05, 0.1) is 5.69 Å². The minimum absolute atomic E-state index is 0.167. The van der Waals surface area contributed by atoms with Crippen molar-refractivity contribution in [2.24, 2.45) is 5.73 Å². The number of hydrogen-bond donors (Lipinski definition) is 2. The highest BCUT2D eigenvalue weighted by molar-refractivity contribution is 5.94. The number of carbonyl (C=O) groups excluding carboxylic acids is 3. The zero-order chi connectivity index (χ0) is 17.7. The summed E-state index contributed by atoms with van der Waals surface area (Å²) in [6, 6.07) is 3.66. The molecule has 1 saturated heterocycles. The fraction of sp³-hybridized carbons (Fsp3) is 0.438. The molecule has 8 heteroatoms. The highest BCUT2D eigenvalue weighted by Gasteiger charge is 2.20. The Hall–Kier alpha value is -2.48. The number of hydrogen-bond acceptors (Lipinski definition) is 5. The SMILES string of the molecule is CC(=O)c1ccc(N2CCN(CCC(=O)NC(N)=O)CC2)c(F)c1. The van der Waals surface area contributed by atoms with E-state index < -0.39 is 17.8 Å². The summed E-state index contributed by atoms with van der Waals surface area (Å²) in [5.41, 5.74) is 5.72. The number of imide groups is 1. The molecule has 0 saturated carbocycles. The van der Waals surface area contributed by atoms with E-state index in [9.17, 15) is 18.8 Å². The number of ketones is 1. The third kappa shape index (κ3) is 4.76. The lowest BCUT2D eigenvalue weighted by Gasteiger charge is -2.36. The van der Waals surface area contributed by atoms with Gasteiger partial charge in [0, 0.05) is 44.7 Å². The van der Waals surface area contributed by atoms with Crippen LogP contribution in [-0.4, -0.2) is 55.3 Å². The number of nitrogens with one attached hydrogen (secondary N) is 1. The van der Waals surface area contributed by atoms with E-state index in [-0.39, 0.29) is 12.2 Å². The van der Waals surface area contributed by atoms with Crippen molar-refractivity contribution >= 4 is 23.4 Å². The van der Waals surface area contributed by atoms with E-state index in [1.807, 2.05) is 10.2 Å². The van der Waals surface area contributed by atoms with Crippen LogP contribution in [0.25, 0.3) is 0 Å². The van der Waals surface area contributed by atoms with Gasteiger partial charge in [-0.1, -0.05) is 0 Å². The van der Waals surface area contributed by atoms with Crippen LogP contribution in [0.1, 0.15) is 23.7 Å². The van der Waals surface area contributed by atoms with Gasteiger partial charge in [-0.3, -0.25) is 19.8 Å². The number of rotatable bonds is 5. The number of nitrogens with zero attached hydrogens (tertiary/aromatic N) is 2. The molecule has 1 aromatic rings. The minimum Gasteiger partial charge on any atom is -0.367 e. The molecule has 0 aromatic heterocycles. The van der Waals surface area contributed by atoms with Gasteiger partial charge >= 0.3 is 6.03 Å². The summed E-state index contributed by atoms with van der Waals surface area (Å²) < 4.78 is 14.2. The van der Waals surface area contributed by atoms with E-state index in [2.05, 4.69) is 4.90 Å². The van der Waals surface area contributed by atoms with E-state index in [4.69, 9.17) is 5.73 Å². The smallest absolute Gasteiger partial charge is 0.318 e. The van der Waals surface area contributed by atoms with Crippen LogP contribution in [-0.2, 0) is 4.79 Å². The highest BCUT2D eigenvalue weighted by Crippen LogP contribution is 2.22. The molecule has 0 bridgehead atoms. The fourth-order valence-electron chi connectivity index (χ4n) is 2.65. The predicted molar refractivity (Wildman–Crippen MR) is 87.4 cm³/mol. The molecular formula is C16H21FN4O3. The third-order valence-corrected chi connectivity index (χ3v) is 3.98. The monoisotopic (exact) mass is 336 g/mol. The standard InChI is InChI=1S/C16H21FN4O3/c1-11(22)12-2-3-14(13(17)10-12)21-8-6-20(7-9-21)5-4-15(23)19-16(18)24/h2-3,10H,4-9H2,1H3,(H3,18,19,23,24). The summed E-state index contributed by atoms with van der Waals surface area (Å²) in [7, 11) is 0. The van der Waals surface area contributed by atoms with Crippen LogP contribution in [0.4, 0.5) is 14.9 Å². The highest BCUT2D eigenvalue weighted by atomic mass is 19.1. The van der Waals surface area contributed by atoms with Gasteiger partial charge in [-0.2, -0.15) is 0 Å². The number of carbonyl (C=O) groups is 3. The first kappa shape index (κ1) is 17.9. The maximum absolute atomic E-state index is 14.2. The zero-order valence-corrected chi connectivity index (χ0v) is 13.5. The van der Waals surface area contributed by atoms with Gasteiger partial charge in [0.2, 0.25) is 5.91 Å². The van der Waals surface area contributed by atoms with Gasteiger partial charge in [0.1, 0.15) is 5.82 Å². The van der Waals surface area contributed by atoms with Gasteiger partial charge in [-0.25, -0.2) is 9.18 Å². The van der Waals surface area contributed by atoms with Crippen molar-refractivity contribution in [2.45, 2.75) is 13.3 Å². The molecule has 7 nitrogen and oxygen atoms in total. The van der Waals surface area contributed by atoms with Crippen molar-refractivity contribution in [3.05, 3.63) is 29.6 Å². The number of benzene rings is 1. The molecule has 2 rings (SSSR count). The molecule has 3 N–H and O–H groups in total. The number of nitrogens with two attached hydrogens (primary N) is 1. The van der Waals surface area contributed by atoms with E-state index in [0.717, 1.165) is 0 Å². The van der Waals surface area contributed by atoms with Crippen molar-refractivity contribution < 1.29 is 18.8 Å². The fourth-order valence-corrected chi connectivity index (χ4v) is 2.65. The summed E-state index contributed by atoms with van der Waals surface area (Å²) in [5, 5.41) is 2.02. The molecule has 0 atom stereocenters. The van der Waals surface area contributed by atoms with E-state index in [1.165, 1.54) is 13.0 Å². The Balaban J connectivity index is 1.85. The summed E-state index contributed by atoms with van der Waals surface area (Å²) >= 11 is 0. The number of primary amides is 1. The Morgan fingerprint density at radius 2 is 1.88 bits per heavy atom. The van der Waals surface area contributed by atoms with E-state index in [0.29, 0.717) is 44.0 Å². The van der Waals surface area contributed by atoms with Crippen LogP contribution < -0.4 is 16.0 Å². The number of urea groups is 1. The van der Waals surface area contributed by atoms with Crippen LogP contribution in [0, 0.1) is 5.82 Å². The first-order chi connectivity index (χ1) is 11.4. The molecule has 0 radical (unpaired) electrons. The van der Waals surface area contributed by atoms with Crippen molar-refractivity contribution in [1.82, 2.24) is 10.2 Å². The lowest BCUT2D eigenvalue weighted by molar-refractivity contribution is -0.120. The molecule has 1 aromatic carbocycles. The Morgan fingerprint density at radius 3 is 2.42 bits per heavy atom. The molecule has 130 valence electrons. The molecule has 3 amide bonds. The molecule has 0 spiro atoms. The van der Waals surface area contributed by atoms with Crippen molar-refractivity contribution in [3.63, 3.8) is 0 Å². The van der Waals surface area contributed by atoms with Crippen LogP contribution in [0.5, 0.6) is 0 Å². The topological polar surface area (TPSA) is 95.7 Å². The average Bonchev–Trinajstić information content (AvgIpc) is 2.52. The largest absolute Gasteiger partial charge is 0.367 e. The van der Waals surface area contributed by atoms with E-state index >= 15 is 0 Å². The lowest BCUT2D eigenvalue weighted by Crippen LogP contribution is -2.47. The Labute approximate surface area is 139 Å². The summed E-state index contributed by atoms with van der Waals surface area (Å²) in [5.74, 6) is -0.979. The van der Waals surface area contributed by atoms with Gasteiger partial charge in [0.25, 0.3) is 0 Å². The van der Waals surface area contributed by atoms with Crippen molar-refractivity contribution in [1.29, 1.82) is 0 Å². The number of piperazine rings is 1. The Morgan fingerprint density at radius 1 is 1.21 bits per heavy atom. The maximum Gasteiger partial charge on any atom is 0.318 e. The molecule has 0 aliphatic carbocycles. The van der Waals surface area contributed by atoms with Crippen molar-refractivity contribution in [3.8, 4) is 0 Å². The van der Waals surface area contributed by atoms with Crippen LogP contribution in [0.15, 0.2) is 18.2 Å². The van der Waals surface area contributed by atoms with Gasteiger partial charge < -0.3 is 10.6 Å². The summed E-state index contributed by atoms with van der Waals surface area (Å²) in [6.07, 6.45) is 0.185. The summed E-state index contributed by atoms with van der Waals surface area (Å²) in [4.78, 5) is 37.2. The zero-order valence-electron chi connectivity index (χ0n) is 13.5. The maximum atomic E-state index is 14.2. The average molecular weight is 336 g/mol. The second kappa shape index (κ2) is 7.87. The normalized spacial score (nSPS) is 15.2. The molecule has 1 heterocycles. The van der Waals surface area contributed by atoms with Gasteiger partial charge in [-0.05, 0) is 25.1 Å². The van der Waals surface area contributed by atoms with E-state index in [1.54, 1.807) is 12.1 Å². The van der Waals surface area contributed by atoms with Crippen LogP contribution in [0.2, 0.25) is 0 Å². The molecule has 1 aliphatic heterocycles. The first-order valence-electron chi connectivity index (χ1n) is 7.74. The van der Waals surface area contributed by atoms with Crippen molar-refractivity contribution in [2.75, 3.05) is 37.6 Å². The number of halogens is 1. The molecular weight excluding hydrogens is 315 g/mol. The number of anilines is 1.